The fourth-order valence-corrected chi connectivity index (χ4v) is 3.99. The predicted molar refractivity (Wildman–Crippen MR) is 139 cm³/mol. The number of carbonyl (C=O) groups excluding carboxylic acids is 1. The summed E-state index contributed by atoms with van der Waals surface area (Å²) in [5, 5.41) is 33.8. The van der Waals surface area contributed by atoms with Crippen LogP contribution in [0.15, 0.2) is 30.6 Å². The molecule has 1 fully saturated rings. The van der Waals surface area contributed by atoms with E-state index in [-0.39, 0.29) is 11.9 Å². The van der Waals surface area contributed by atoms with Gasteiger partial charge in [-0.1, -0.05) is 13.0 Å². The SMILES string of the molecule is CCc1nc(N2CCCC2)ncc1C(=O)N(C)C(C)Cc1ccccn1.O=C(O)CC(O)(CC(=O)O)C(=O)O. The second kappa shape index (κ2) is 14.1. The Kier molecular flexibility index (Phi) is 11.3. The highest BCUT2D eigenvalue weighted by atomic mass is 16.4. The van der Waals surface area contributed by atoms with Gasteiger partial charge in [0.25, 0.3) is 5.91 Å². The Morgan fingerprint density at radius 2 is 1.67 bits per heavy atom. The van der Waals surface area contributed by atoms with Crippen molar-refractivity contribution in [1.29, 1.82) is 0 Å². The fourth-order valence-electron chi connectivity index (χ4n) is 3.99. The quantitative estimate of drug-likeness (QED) is 0.318. The number of rotatable bonds is 11. The molecule has 2 aromatic heterocycles. The van der Waals surface area contributed by atoms with Crippen LogP contribution in [0.1, 0.15) is 61.3 Å². The number of amides is 1. The van der Waals surface area contributed by atoms with Crippen LogP contribution in [-0.2, 0) is 27.2 Å². The van der Waals surface area contributed by atoms with Gasteiger partial charge in [-0.3, -0.25) is 19.4 Å². The van der Waals surface area contributed by atoms with E-state index in [1.54, 1.807) is 17.3 Å². The first-order chi connectivity index (χ1) is 18.4. The molecule has 1 atom stereocenters. The number of nitrogens with zero attached hydrogens (tertiary/aromatic N) is 5. The smallest absolute Gasteiger partial charge is 0.336 e. The van der Waals surface area contributed by atoms with Crippen molar-refractivity contribution >= 4 is 29.8 Å². The summed E-state index contributed by atoms with van der Waals surface area (Å²) in [7, 11) is 1.84. The molecule has 13 nitrogen and oxygen atoms in total. The highest BCUT2D eigenvalue weighted by Crippen LogP contribution is 2.19. The van der Waals surface area contributed by atoms with Crippen molar-refractivity contribution in [3.8, 4) is 0 Å². The molecule has 1 saturated heterocycles. The molecule has 1 aliphatic heterocycles. The van der Waals surface area contributed by atoms with Gasteiger partial charge in [-0.15, -0.1) is 0 Å². The Balaban J connectivity index is 0.000000349. The van der Waals surface area contributed by atoms with Crippen LogP contribution in [0.4, 0.5) is 5.95 Å². The van der Waals surface area contributed by atoms with Crippen LogP contribution in [0.2, 0.25) is 0 Å². The van der Waals surface area contributed by atoms with Crippen LogP contribution in [-0.4, -0.2) is 95.9 Å². The van der Waals surface area contributed by atoms with Gasteiger partial charge in [-0.05, 0) is 38.3 Å². The molecule has 3 heterocycles. The van der Waals surface area contributed by atoms with Gasteiger partial charge in [0.05, 0.1) is 24.1 Å². The van der Waals surface area contributed by atoms with Crippen LogP contribution in [0.3, 0.4) is 0 Å². The van der Waals surface area contributed by atoms with E-state index in [4.69, 9.17) is 20.4 Å². The highest BCUT2D eigenvalue weighted by Gasteiger charge is 2.40. The second-order valence-electron chi connectivity index (χ2n) is 9.35. The van der Waals surface area contributed by atoms with Crippen molar-refractivity contribution in [2.75, 3.05) is 25.0 Å². The zero-order valence-corrected chi connectivity index (χ0v) is 22.3. The monoisotopic (exact) mass is 545 g/mol. The van der Waals surface area contributed by atoms with E-state index in [0.29, 0.717) is 12.0 Å². The summed E-state index contributed by atoms with van der Waals surface area (Å²) in [5.74, 6) is -4.30. The van der Waals surface area contributed by atoms with E-state index in [1.165, 1.54) is 12.8 Å². The van der Waals surface area contributed by atoms with Crippen LogP contribution in [0.5, 0.6) is 0 Å². The molecule has 0 radical (unpaired) electrons. The summed E-state index contributed by atoms with van der Waals surface area (Å²) in [6.07, 6.45) is 4.99. The first-order valence-electron chi connectivity index (χ1n) is 12.5. The Morgan fingerprint density at radius 1 is 1.05 bits per heavy atom. The van der Waals surface area contributed by atoms with Crippen molar-refractivity contribution in [3.63, 3.8) is 0 Å². The van der Waals surface area contributed by atoms with Crippen molar-refractivity contribution in [2.24, 2.45) is 0 Å². The maximum atomic E-state index is 13.0. The predicted octanol–water partition coefficient (Wildman–Crippen LogP) is 1.49. The summed E-state index contributed by atoms with van der Waals surface area (Å²) in [6.45, 7) is 6.07. The molecule has 13 heteroatoms. The first-order valence-corrected chi connectivity index (χ1v) is 12.5. The van der Waals surface area contributed by atoms with Crippen molar-refractivity contribution < 1.29 is 39.6 Å². The first kappa shape index (κ1) is 31.1. The molecule has 1 unspecified atom stereocenters. The third-order valence-electron chi connectivity index (χ3n) is 6.31. The molecule has 212 valence electrons. The minimum absolute atomic E-state index is 0.0294. The molecule has 0 aromatic carbocycles. The molecule has 0 bridgehead atoms. The minimum atomic E-state index is -2.74. The van der Waals surface area contributed by atoms with Crippen LogP contribution < -0.4 is 4.90 Å². The van der Waals surface area contributed by atoms with E-state index >= 15 is 0 Å². The van der Waals surface area contributed by atoms with Gasteiger partial charge in [0.15, 0.2) is 5.60 Å². The van der Waals surface area contributed by atoms with Crippen molar-refractivity contribution in [2.45, 2.75) is 64.0 Å². The van der Waals surface area contributed by atoms with E-state index < -0.39 is 36.4 Å². The van der Waals surface area contributed by atoms with E-state index in [0.717, 1.165) is 36.8 Å². The molecule has 3 rings (SSSR count). The zero-order valence-electron chi connectivity index (χ0n) is 22.3. The van der Waals surface area contributed by atoms with Crippen LogP contribution >= 0.6 is 0 Å². The number of aliphatic carboxylic acids is 3. The van der Waals surface area contributed by atoms with E-state index in [1.807, 2.05) is 39.1 Å². The lowest BCUT2D eigenvalue weighted by molar-refractivity contribution is -0.170. The lowest BCUT2D eigenvalue weighted by Gasteiger charge is -2.26. The number of aromatic nitrogens is 3. The van der Waals surface area contributed by atoms with Gasteiger partial charge in [-0.25, -0.2) is 14.8 Å². The second-order valence-corrected chi connectivity index (χ2v) is 9.35. The topological polar surface area (TPSA) is 194 Å². The van der Waals surface area contributed by atoms with Crippen LogP contribution in [0, 0.1) is 0 Å². The number of carboxylic acid groups (broad SMARTS) is 3. The average Bonchev–Trinajstić information content (AvgIpc) is 3.42. The third kappa shape index (κ3) is 8.99. The van der Waals surface area contributed by atoms with Gasteiger partial charge >= 0.3 is 17.9 Å². The number of hydrogen-bond donors (Lipinski definition) is 4. The lowest BCUT2D eigenvalue weighted by atomic mass is 9.96. The largest absolute Gasteiger partial charge is 0.481 e. The molecular formula is C26H35N5O8. The Labute approximate surface area is 226 Å². The number of likely N-dealkylation sites (N-methyl/N-ethyl adjacent to an activating group) is 1. The minimum Gasteiger partial charge on any atom is -0.481 e. The number of aliphatic hydroxyl groups is 1. The zero-order chi connectivity index (χ0) is 29.2. The molecule has 0 saturated carbocycles. The van der Waals surface area contributed by atoms with Gasteiger partial charge in [0, 0.05) is 50.7 Å². The van der Waals surface area contributed by atoms with Crippen LogP contribution in [0.25, 0.3) is 0 Å². The average molecular weight is 546 g/mol. The third-order valence-corrected chi connectivity index (χ3v) is 6.31. The molecule has 4 N–H and O–H groups in total. The summed E-state index contributed by atoms with van der Waals surface area (Å²) in [6, 6.07) is 5.90. The summed E-state index contributed by atoms with van der Waals surface area (Å²) in [4.78, 5) is 60.9. The van der Waals surface area contributed by atoms with Gasteiger partial charge in [0.1, 0.15) is 0 Å². The Morgan fingerprint density at radius 3 is 2.15 bits per heavy atom. The number of carbonyl (C=O) groups is 4. The van der Waals surface area contributed by atoms with E-state index in [9.17, 15) is 19.2 Å². The number of pyridine rings is 1. The molecular weight excluding hydrogens is 510 g/mol. The molecule has 39 heavy (non-hydrogen) atoms. The molecule has 0 spiro atoms. The van der Waals surface area contributed by atoms with Gasteiger partial charge in [0.2, 0.25) is 5.95 Å². The maximum Gasteiger partial charge on any atom is 0.336 e. The Bertz CT molecular complexity index is 1140. The molecule has 1 amide bonds. The number of anilines is 1. The van der Waals surface area contributed by atoms with Gasteiger partial charge in [-0.2, -0.15) is 0 Å². The lowest BCUT2D eigenvalue weighted by Crippen LogP contribution is -2.42. The normalized spacial score (nSPS) is 13.7. The fraction of sp³-hybridized carbons (Fsp3) is 0.500. The summed E-state index contributed by atoms with van der Waals surface area (Å²) in [5.41, 5.74) is -0.330. The van der Waals surface area contributed by atoms with Crippen molar-refractivity contribution in [1.82, 2.24) is 19.9 Å². The van der Waals surface area contributed by atoms with E-state index in [2.05, 4.69) is 19.9 Å². The standard InChI is InChI=1S/C20H27N5O.C6H8O7/c1-4-18-17(14-22-20(23-18)25-11-7-8-12-25)19(26)24(3)15(2)13-16-9-5-6-10-21-16;7-3(8)1-6(13,5(11)12)2-4(9)10/h5-6,9-10,14-15H,4,7-8,11-13H2,1-3H3;13H,1-2H2,(H,7,8)(H,9,10)(H,11,12). The van der Waals surface area contributed by atoms with Crippen molar-refractivity contribution in [3.05, 3.63) is 47.5 Å². The Hall–Kier alpha value is -4.13. The maximum absolute atomic E-state index is 13.0. The number of hydrogen-bond acceptors (Lipinski definition) is 9. The number of aryl methyl sites for hydroxylation is 1. The molecule has 2 aromatic rings. The summed E-state index contributed by atoms with van der Waals surface area (Å²) < 4.78 is 0. The summed E-state index contributed by atoms with van der Waals surface area (Å²) >= 11 is 0. The molecule has 1 aliphatic rings. The molecule has 0 aliphatic carbocycles. The number of carboxylic acids is 3. The van der Waals surface area contributed by atoms with Gasteiger partial charge < -0.3 is 30.2 Å². The highest BCUT2D eigenvalue weighted by molar-refractivity contribution is 5.95.